The third kappa shape index (κ3) is 3.11. The molecule has 1 saturated carbocycles. The number of alkyl carbamates (subject to hydrolysis) is 1. The molecule has 0 aromatic heterocycles. The molecule has 1 fully saturated rings. The van der Waals surface area contributed by atoms with Crippen molar-refractivity contribution in [2.24, 2.45) is 11.8 Å². The predicted octanol–water partition coefficient (Wildman–Crippen LogP) is 1.23. The standard InChI is InChI=1S/C10H17NO4/c1-6-3-4-7(5-6)8(9(12)13)11-10(14)15-2/h6-8H,3-5H2,1-2H3,(H,11,14)(H,12,13). The van der Waals surface area contributed by atoms with Crippen molar-refractivity contribution in [2.75, 3.05) is 7.11 Å². The fourth-order valence-electron chi connectivity index (χ4n) is 2.12. The molecule has 15 heavy (non-hydrogen) atoms. The summed E-state index contributed by atoms with van der Waals surface area (Å²) < 4.78 is 4.40. The Hall–Kier alpha value is -1.26. The van der Waals surface area contributed by atoms with E-state index >= 15 is 0 Å². The second kappa shape index (κ2) is 5.00. The van der Waals surface area contributed by atoms with Crippen LogP contribution in [0.15, 0.2) is 0 Å². The van der Waals surface area contributed by atoms with Crippen molar-refractivity contribution >= 4 is 12.1 Å². The van der Waals surface area contributed by atoms with Crippen molar-refractivity contribution in [2.45, 2.75) is 32.2 Å². The molecular weight excluding hydrogens is 198 g/mol. The molecule has 0 bridgehead atoms. The van der Waals surface area contributed by atoms with Gasteiger partial charge in [-0.25, -0.2) is 9.59 Å². The van der Waals surface area contributed by atoms with Gasteiger partial charge < -0.3 is 15.2 Å². The maximum Gasteiger partial charge on any atom is 0.407 e. The quantitative estimate of drug-likeness (QED) is 0.742. The van der Waals surface area contributed by atoms with Gasteiger partial charge in [0, 0.05) is 0 Å². The molecule has 0 saturated heterocycles. The number of hydrogen-bond acceptors (Lipinski definition) is 3. The van der Waals surface area contributed by atoms with Crippen LogP contribution in [0.25, 0.3) is 0 Å². The Morgan fingerprint density at radius 3 is 2.53 bits per heavy atom. The van der Waals surface area contributed by atoms with Gasteiger partial charge in [-0.2, -0.15) is 0 Å². The number of methoxy groups -OCH3 is 1. The van der Waals surface area contributed by atoms with Crippen LogP contribution in [0.1, 0.15) is 26.2 Å². The molecule has 3 unspecified atom stereocenters. The first-order valence-corrected chi connectivity index (χ1v) is 5.12. The maximum absolute atomic E-state index is 11.0. The van der Waals surface area contributed by atoms with Crippen LogP contribution in [0.2, 0.25) is 0 Å². The molecular formula is C10H17NO4. The van der Waals surface area contributed by atoms with Crippen LogP contribution in [0.4, 0.5) is 4.79 Å². The van der Waals surface area contributed by atoms with Crippen molar-refractivity contribution in [3.63, 3.8) is 0 Å². The highest BCUT2D eigenvalue weighted by molar-refractivity contribution is 5.80. The van der Waals surface area contributed by atoms with Crippen molar-refractivity contribution in [3.8, 4) is 0 Å². The number of carbonyl (C=O) groups excluding carboxylic acids is 1. The van der Waals surface area contributed by atoms with Gasteiger partial charge in [0.25, 0.3) is 0 Å². The van der Waals surface area contributed by atoms with Crippen LogP contribution < -0.4 is 5.32 Å². The second-order valence-corrected chi connectivity index (χ2v) is 4.13. The zero-order valence-corrected chi connectivity index (χ0v) is 9.03. The van der Waals surface area contributed by atoms with Gasteiger partial charge in [-0.15, -0.1) is 0 Å². The van der Waals surface area contributed by atoms with Gasteiger partial charge in [0.05, 0.1) is 7.11 Å². The largest absolute Gasteiger partial charge is 0.480 e. The number of rotatable bonds is 3. The fraction of sp³-hybridized carbons (Fsp3) is 0.800. The van der Waals surface area contributed by atoms with Crippen molar-refractivity contribution in [3.05, 3.63) is 0 Å². The molecule has 1 aliphatic rings. The molecule has 0 radical (unpaired) electrons. The summed E-state index contributed by atoms with van der Waals surface area (Å²) in [7, 11) is 1.23. The lowest BCUT2D eigenvalue weighted by Gasteiger charge is -2.19. The molecule has 3 atom stereocenters. The maximum atomic E-state index is 11.0. The lowest BCUT2D eigenvalue weighted by molar-refractivity contribution is -0.140. The minimum absolute atomic E-state index is 0.0246. The Balaban J connectivity index is 2.58. The summed E-state index contributed by atoms with van der Waals surface area (Å²) in [4.78, 5) is 21.9. The number of carbonyl (C=O) groups is 2. The monoisotopic (exact) mass is 215 g/mol. The van der Waals surface area contributed by atoms with E-state index in [-0.39, 0.29) is 5.92 Å². The van der Waals surface area contributed by atoms with Crippen molar-refractivity contribution in [1.82, 2.24) is 5.32 Å². The molecule has 5 heteroatoms. The number of aliphatic carboxylic acids is 1. The number of nitrogens with one attached hydrogen (secondary N) is 1. The normalized spacial score (nSPS) is 27.1. The van der Waals surface area contributed by atoms with E-state index in [1.165, 1.54) is 7.11 Å². The number of ether oxygens (including phenoxy) is 1. The second-order valence-electron chi connectivity index (χ2n) is 4.13. The number of carboxylic acids is 1. The van der Waals surface area contributed by atoms with E-state index in [0.717, 1.165) is 19.3 Å². The van der Waals surface area contributed by atoms with Gasteiger partial charge in [-0.3, -0.25) is 0 Å². The molecule has 0 heterocycles. The van der Waals surface area contributed by atoms with Gasteiger partial charge in [0.2, 0.25) is 0 Å². The predicted molar refractivity (Wildman–Crippen MR) is 53.5 cm³/mol. The molecule has 2 N–H and O–H groups in total. The van der Waals surface area contributed by atoms with E-state index in [9.17, 15) is 9.59 Å². The van der Waals surface area contributed by atoms with E-state index in [1.54, 1.807) is 0 Å². The van der Waals surface area contributed by atoms with Gasteiger partial charge >= 0.3 is 12.1 Å². The van der Waals surface area contributed by atoms with Crippen LogP contribution in [-0.4, -0.2) is 30.3 Å². The Labute approximate surface area is 88.8 Å². The molecule has 0 spiro atoms. The Kier molecular flexibility index (Phi) is 3.94. The molecule has 1 rings (SSSR count). The van der Waals surface area contributed by atoms with Crippen molar-refractivity contribution in [1.29, 1.82) is 0 Å². The molecule has 0 aromatic carbocycles. The average Bonchev–Trinajstić information content (AvgIpc) is 2.60. The van der Waals surface area contributed by atoms with Gasteiger partial charge in [-0.05, 0) is 24.7 Å². The molecule has 86 valence electrons. The van der Waals surface area contributed by atoms with Crippen LogP contribution in [0.5, 0.6) is 0 Å². The summed E-state index contributed by atoms with van der Waals surface area (Å²) in [5, 5.41) is 11.4. The van der Waals surface area contributed by atoms with Crippen LogP contribution in [0, 0.1) is 11.8 Å². The fourth-order valence-corrected chi connectivity index (χ4v) is 2.12. The van der Waals surface area contributed by atoms with Gasteiger partial charge in [-0.1, -0.05) is 13.3 Å². The number of carboxylic acid groups (broad SMARTS) is 1. The number of hydrogen-bond donors (Lipinski definition) is 2. The third-order valence-electron chi connectivity index (χ3n) is 2.93. The van der Waals surface area contributed by atoms with Crippen LogP contribution in [-0.2, 0) is 9.53 Å². The Morgan fingerprint density at radius 2 is 2.13 bits per heavy atom. The first-order valence-electron chi connectivity index (χ1n) is 5.12. The Morgan fingerprint density at radius 1 is 1.47 bits per heavy atom. The molecule has 0 aliphatic heterocycles. The minimum Gasteiger partial charge on any atom is -0.480 e. The summed E-state index contributed by atoms with van der Waals surface area (Å²) in [5.74, 6) is -0.424. The highest BCUT2D eigenvalue weighted by Crippen LogP contribution is 2.32. The molecule has 1 amide bonds. The van der Waals surface area contributed by atoms with Gasteiger partial charge in [0.1, 0.15) is 6.04 Å². The summed E-state index contributed by atoms with van der Waals surface area (Å²) in [6, 6.07) is -0.817. The summed E-state index contributed by atoms with van der Waals surface area (Å²) in [6.07, 6.45) is 2.04. The van der Waals surface area contributed by atoms with Gasteiger partial charge in [0.15, 0.2) is 0 Å². The Bertz CT molecular complexity index is 254. The zero-order valence-electron chi connectivity index (χ0n) is 9.03. The molecule has 1 aliphatic carbocycles. The summed E-state index contributed by atoms with van der Waals surface area (Å²) in [5.41, 5.74) is 0. The number of amides is 1. The average molecular weight is 215 g/mol. The zero-order chi connectivity index (χ0) is 11.4. The van der Waals surface area contributed by atoms with Crippen LogP contribution in [0.3, 0.4) is 0 Å². The van der Waals surface area contributed by atoms with E-state index in [1.807, 2.05) is 0 Å². The van der Waals surface area contributed by atoms with E-state index in [4.69, 9.17) is 5.11 Å². The summed E-state index contributed by atoms with van der Waals surface area (Å²) >= 11 is 0. The van der Waals surface area contributed by atoms with E-state index in [2.05, 4.69) is 17.0 Å². The topological polar surface area (TPSA) is 75.6 Å². The van der Waals surface area contributed by atoms with E-state index in [0.29, 0.717) is 5.92 Å². The molecule has 5 nitrogen and oxygen atoms in total. The third-order valence-corrected chi connectivity index (χ3v) is 2.93. The molecule has 0 aromatic rings. The first-order chi connectivity index (χ1) is 7.04. The summed E-state index contributed by atoms with van der Waals surface area (Å²) in [6.45, 7) is 2.09. The highest BCUT2D eigenvalue weighted by atomic mass is 16.5. The lowest BCUT2D eigenvalue weighted by atomic mass is 9.97. The van der Waals surface area contributed by atoms with E-state index < -0.39 is 18.1 Å². The smallest absolute Gasteiger partial charge is 0.407 e. The van der Waals surface area contributed by atoms with Crippen molar-refractivity contribution < 1.29 is 19.4 Å². The van der Waals surface area contributed by atoms with Crippen LogP contribution >= 0.6 is 0 Å². The highest BCUT2D eigenvalue weighted by Gasteiger charge is 2.34. The SMILES string of the molecule is COC(=O)NC(C(=O)O)C1CCC(C)C1. The lowest BCUT2D eigenvalue weighted by Crippen LogP contribution is -2.45. The first kappa shape index (κ1) is 11.8. The minimum atomic E-state index is -0.987.